The first kappa shape index (κ1) is 13.2. The number of hydrogen-bond acceptors (Lipinski definition) is 6. The molecule has 0 bridgehead atoms. The van der Waals surface area contributed by atoms with Crippen LogP contribution in [-0.4, -0.2) is 34.7 Å². The molecule has 1 aromatic rings. The molecule has 0 spiro atoms. The number of anilines is 1. The van der Waals surface area contributed by atoms with Gasteiger partial charge in [-0.05, 0) is 20.8 Å². The largest absolute Gasteiger partial charge is 0.461 e. The minimum absolute atomic E-state index is 0.00509. The van der Waals surface area contributed by atoms with Crippen molar-refractivity contribution in [1.29, 1.82) is 0 Å². The van der Waals surface area contributed by atoms with Crippen LogP contribution in [0.25, 0.3) is 0 Å². The van der Waals surface area contributed by atoms with Crippen LogP contribution in [0.3, 0.4) is 0 Å². The van der Waals surface area contributed by atoms with E-state index in [1.54, 1.807) is 7.05 Å². The van der Waals surface area contributed by atoms with Gasteiger partial charge in [-0.15, -0.1) is 4.98 Å². The number of ether oxygens (including phenoxy) is 2. The lowest BCUT2D eigenvalue weighted by atomic mass is 10.5. The maximum atomic E-state index is 5.40. The van der Waals surface area contributed by atoms with E-state index in [2.05, 4.69) is 20.3 Å². The summed E-state index contributed by atoms with van der Waals surface area (Å²) < 4.78 is 10.7. The fourth-order valence-corrected chi connectivity index (χ4v) is 0.997. The van der Waals surface area contributed by atoms with Crippen molar-refractivity contribution in [2.75, 3.05) is 19.0 Å². The van der Waals surface area contributed by atoms with Crippen LogP contribution in [0.15, 0.2) is 12.2 Å². The lowest BCUT2D eigenvalue weighted by Crippen LogP contribution is -2.11. The van der Waals surface area contributed by atoms with Crippen LogP contribution in [0.5, 0.6) is 12.0 Å². The van der Waals surface area contributed by atoms with E-state index in [1.165, 1.54) is 0 Å². The normalized spacial score (nSPS) is 10.9. The Morgan fingerprint density at radius 3 is 2.53 bits per heavy atom. The van der Waals surface area contributed by atoms with Crippen LogP contribution in [0.2, 0.25) is 0 Å². The van der Waals surface area contributed by atoms with Crippen molar-refractivity contribution in [2.45, 2.75) is 26.9 Å². The molecule has 0 unspecified atom stereocenters. The van der Waals surface area contributed by atoms with E-state index in [1.807, 2.05) is 32.9 Å². The molecule has 17 heavy (non-hydrogen) atoms. The van der Waals surface area contributed by atoms with Gasteiger partial charge in [0.15, 0.2) is 0 Å². The van der Waals surface area contributed by atoms with E-state index < -0.39 is 0 Å². The molecule has 1 N–H and O–H groups in total. The van der Waals surface area contributed by atoms with Crippen molar-refractivity contribution in [3.05, 3.63) is 12.2 Å². The quantitative estimate of drug-likeness (QED) is 0.760. The lowest BCUT2D eigenvalue weighted by Gasteiger charge is -2.09. The lowest BCUT2D eigenvalue weighted by molar-refractivity contribution is 0.216. The minimum Gasteiger partial charge on any atom is -0.461 e. The standard InChI is InChI=1S/C11H18N4O2/c1-5-6-7-16-10-13-9(12-4)14-11(15-10)17-8(2)3/h5-6,8H,7H2,1-4H3,(H,12,13,14,15)/b6-5+. The summed E-state index contributed by atoms with van der Waals surface area (Å²) in [7, 11) is 1.73. The van der Waals surface area contributed by atoms with Crippen LogP contribution in [0, 0.1) is 0 Å². The van der Waals surface area contributed by atoms with Gasteiger partial charge in [-0.25, -0.2) is 0 Å². The van der Waals surface area contributed by atoms with E-state index in [0.717, 1.165) is 0 Å². The van der Waals surface area contributed by atoms with Crippen LogP contribution < -0.4 is 14.8 Å². The first-order chi connectivity index (χ1) is 8.15. The van der Waals surface area contributed by atoms with E-state index in [0.29, 0.717) is 12.6 Å². The Hall–Kier alpha value is -1.85. The summed E-state index contributed by atoms with van der Waals surface area (Å²) in [6.45, 7) is 6.15. The molecule has 0 aliphatic heterocycles. The molecule has 1 heterocycles. The van der Waals surface area contributed by atoms with Crippen LogP contribution in [0.4, 0.5) is 5.95 Å². The number of nitrogens with zero attached hydrogens (tertiary/aromatic N) is 3. The van der Waals surface area contributed by atoms with Gasteiger partial charge in [0.05, 0.1) is 6.10 Å². The Morgan fingerprint density at radius 2 is 1.94 bits per heavy atom. The Kier molecular flexibility index (Phi) is 5.19. The number of rotatable bonds is 6. The molecule has 0 aliphatic rings. The average Bonchev–Trinajstić information content (AvgIpc) is 2.28. The topological polar surface area (TPSA) is 69.2 Å². The summed E-state index contributed by atoms with van der Waals surface area (Å²) >= 11 is 0. The summed E-state index contributed by atoms with van der Waals surface area (Å²) in [6, 6.07) is 0.507. The molecule has 0 atom stereocenters. The Morgan fingerprint density at radius 1 is 1.24 bits per heavy atom. The maximum Gasteiger partial charge on any atom is 0.324 e. The molecule has 0 amide bonds. The van der Waals surface area contributed by atoms with Crippen molar-refractivity contribution in [1.82, 2.24) is 15.0 Å². The van der Waals surface area contributed by atoms with Crippen LogP contribution in [0.1, 0.15) is 20.8 Å². The van der Waals surface area contributed by atoms with Gasteiger partial charge >= 0.3 is 12.0 Å². The third-order valence-corrected chi connectivity index (χ3v) is 1.70. The molecular weight excluding hydrogens is 220 g/mol. The molecule has 0 radical (unpaired) electrons. The summed E-state index contributed by atoms with van der Waals surface area (Å²) in [6.07, 6.45) is 3.77. The molecular formula is C11H18N4O2. The number of aromatic nitrogens is 3. The Balaban J connectivity index is 2.81. The summed E-state index contributed by atoms with van der Waals surface area (Å²) in [5.41, 5.74) is 0. The van der Waals surface area contributed by atoms with Gasteiger partial charge in [-0.2, -0.15) is 9.97 Å². The summed E-state index contributed by atoms with van der Waals surface area (Å²) in [5, 5.41) is 2.83. The molecule has 6 heteroatoms. The monoisotopic (exact) mass is 238 g/mol. The van der Waals surface area contributed by atoms with Gasteiger partial charge in [0, 0.05) is 7.05 Å². The van der Waals surface area contributed by atoms with Gasteiger partial charge < -0.3 is 14.8 Å². The highest BCUT2D eigenvalue weighted by Gasteiger charge is 2.08. The van der Waals surface area contributed by atoms with Gasteiger partial charge in [0.25, 0.3) is 0 Å². The van der Waals surface area contributed by atoms with Crippen molar-refractivity contribution >= 4 is 5.95 Å². The molecule has 94 valence electrons. The molecule has 0 saturated carbocycles. The molecule has 0 saturated heterocycles. The zero-order valence-corrected chi connectivity index (χ0v) is 10.6. The van der Waals surface area contributed by atoms with Crippen LogP contribution >= 0.6 is 0 Å². The third kappa shape index (κ3) is 4.67. The zero-order valence-electron chi connectivity index (χ0n) is 10.6. The second-order valence-corrected chi connectivity index (χ2v) is 3.52. The number of nitrogens with one attached hydrogen (secondary N) is 1. The second-order valence-electron chi connectivity index (χ2n) is 3.52. The molecule has 0 fully saturated rings. The number of hydrogen-bond donors (Lipinski definition) is 1. The van der Waals surface area contributed by atoms with Crippen LogP contribution in [-0.2, 0) is 0 Å². The molecule has 1 rings (SSSR count). The second kappa shape index (κ2) is 6.67. The smallest absolute Gasteiger partial charge is 0.324 e. The van der Waals surface area contributed by atoms with E-state index in [9.17, 15) is 0 Å². The van der Waals surface area contributed by atoms with E-state index in [4.69, 9.17) is 9.47 Å². The predicted molar refractivity (Wildman–Crippen MR) is 65.4 cm³/mol. The first-order valence-electron chi connectivity index (χ1n) is 5.50. The van der Waals surface area contributed by atoms with Gasteiger partial charge in [0.1, 0.15) is 6.61 Å². The average molecular weight is 238 g/mol. The Labute approximate surface area is 101 Å². The number of allylic oxidation sites excluding steroid dienone is 1. The van der Waals surface area contributed by atoms with Crippen molar-refractivity contribution in [3.63, 3.8) is 0 Å². The SMILES string of the molecule is C/C=C/COc1nc(NC)nc(OC(C)C)n1. The Bertz CT molecular complexity index is 380. The van der Waals surface area contributed by atoms with E-state index >= 15 is 0 Å². The summed E-state index contributed by atoms with van der Waals surface area (Å²) in [4.78, 5) is 12.2. The minimum atomic E-state index is 0.00509. The molecule has 0 aliphatic carbocycles. The predicted octanol–water partition coefficient (Wildman–Crippen LogP) is 1.66. The molecule has 0 aromatic carbocycles. The molecule has 1 aromatic heterocycles. The van der Waals surface area contributed by atoms with E-state index in [-0.39, 0.29) is 18.1 Å². The fourth-order valence-electron chi connectivity index (χ4n) is 0.997. The highest BCUT2D eigenvalue weighted by Crippen LogP contribution is 2.13. The van der Waals surface area contributed by atoms with Crippen molar-refractivity contribution < 1.29 is 9.47 Å². The first-order valence-corrected chi connectivity index (χ1v) is 5.50. The highest BCUT2D eigenvalue weighted by molar-refractivity contribution is 5.26. The van der Waals surface area contributed by atoms with Gasteiger partial charge in [0.2, 0.25) is 5.95 Å². The van der Waals surface area contributed by atoms with Gasteiger partial charge in [-0.1, -0.05) is 12.2 Å². The molecule has 6 nitrogen and oxygen atoms in total. The maximum absolute atomic E-state index is 5.40. The summed E-state index contributed by atoms with van der Waals surface area (Å²) in [5.74, 6) is 0.422. The third-order valence-electron chi connectivity index (χ3n) is 1.70. The fraction of sp³-hybridized carbons (Fsp3) is 0.545. The zero-order chi connectivity index (χ0) is 12.7. The highest BCUT2D eigenvalue weighted by atomic mass is 16.5. The van der Waals surface area contributed by atoms with Crippen molar-refractivity contribution in [2.24, 2.45) is 0 Å². The van der Waals surface area contributed by atoms with Gasteiger partial charge in [-0.3, -0.25) is 0 Å². The van der Waals surface area contributed by atoms with Crippen molar-refractivity contribution in [3.8, 4) is 12.0 Å².